The maximum Gasteiger partial charge on any atom is 0.410 e. The van der Waals surface area contributed by atoms with E-state index in [1.165, 1.54) is 11.3 Å². The molecule has 1 aromatic rings. The molecule has 31 heavy (non-hydrogen) atoms. The minimum Gasteiger partial charge on any atom is -0.444 e. The quantitative estimate of drug-likeness (QED) is 0.359. The normalized spacial score (nSPS) is 21.7. The average Bonchev–Trinajstić information content (AvgIpc) is 3.07. The number of carbonyl (C=O) groups is 1. The van der Waals surface area contributed by atoms with Crippen molar-refractivity contribution in [2.45, 2.75) is 71.9 Å². The molecule has 1 saturated carbocycles. The molecular formula is C22H40IN4O3P. The van der Waals surface area contributed by atoms with Gasteiger partial charge in [0.1, 0.15) is 5.60 Å². The lowest BCUT2D eigenvalue weighted by molar-refractivity contribution is 0.0286. The summed E-state index contributed by atoms with van der Waals surface area (Å²) in [6.45, 7) is 12.6. The van der Waals surface area contributed by atoms with Crippen LogP contribution in [0.2, 0.25) is 0 Å². The molecule has 0 radical (unpaired) electrons. The van der Waals surface area contributed by atoms with Gasteiger partial charge in [-0.3, -0.25) is 0 Å². The topological polar surface area (TPSA) is 70.8 Å². The Balaban J connectivity index is 2.02. The Morgan fingerprint density at radius 3 is 2.65 bits per heavy atom. The number of aliphatic hydroxyl groups is 1. The van der Waals surface area contributed by atoms with Crippen molar-refractivity contribution in [3.05, 3.63) is 17.5 Å². The SMILES string of the molecule is CN(CCN(C)C(=O)OC(C)(C)C)Cc1cn(PI)nc1C1CCC(C)(C)C(CO)C1. The zero-order chi connectivity index (χ0) is 23.4. The van der Waals surface area contributed by atoms with Gasteiger partial charge in [-0.15, -0.1) is 0 Å². The molecule has 1 N–H and O–H groups in total. The van der Waals surface area contributed by atoms with Gasteiger partial charge in [-0.2, -0.15) is 5.10 Å². The van der Waals surface area contributed by atoms with Gasteiger partial charge in [0.2, 0.25) is 0 Å². The second-order valence-electron chi connectivity index (χ2n) is 10.5. The number of ether oxygens (including phenoxy) is 1. The van der Waals surface area contributed by atoms with Crippen LogP contribution in [0.5, 0.6) is 0 Å². The van der Waals surface area contributed by atoms with E-state index < -0.39 is 5.60 Å². The van der Waals surface area contributed by atoms with Crippen LogP contribution in [0.3, 0.4) is 0 Å². The summed E-state index contributed by atoms with van der Waals surface area (Å²) in [4.78, 5) is 16.1. The van der Waals surface area contributed by atoms with Crippen molar-refractivity contribution in [2.24, 2.45) is 11.3 Å². The highest BCUT2D eigenvalue weighted by molar-refractivity contribution is 14.2. The van der Waals surface area contributed by atoms with Crippen molar-refractivity contribution in [3.8, 4) is 0 Å². The predicted molar refractivity (Wildman–Crippen MR) is 136 cm³/mol. The Bertz CT molecular complexity index is 735. The summed E-state index contributed by atoms with van der Waals surface area (Å²) in [5.41, 5.74) is 2.14. The van der Waals surface area contributed by atoms with E-state index in [2.05, 4.69) is 54.0 Å². The summed E-state index contributed by atoms with van der Waals surface area (Å²) in [7, 11) is 3.86. The molecule has 9 heteroatoms. The highest BCUT2D eigenvalue weighted by Gasteiger charge is 2.38. The number of rotatable bonds is 8. The van der Waals surface area contributed by atoms with Crippen LogP contribution in [-0.4, -0.2) is 69.9 Å². The van der Waals surface area contributed by atoms with E-state index in [9.17, 15) is 9.90 Å². The van der Waals surface area contributed by atoms with Gasteiger partial charge in [-0.05, 0) is 80.5 Å². The number of hydrogen-bond acceptors (Lipinski definition) is 5. The molecule has 3 atom stereocenters. The number of aromatic nitrogens is 2. The average molecular weight is 566 g/mol. The first-order chi connectivity index (χ1) is 14.4. The van der Waals surface area contributed by atoms with Crippen LogP contribution in [0.4, 0.5) is 4.79 Å². The molecule has 1 aromatic heterocycles. The third-order valence-corrected chi connectivity index (χ3v) is 8.18. The second-order valence-corrected chi connectivity index (χ2v) is 12.6. The van der Waals surface area contributed by atoms with Gasteiger partial charge in [0.15, 0.2) is 0 Å². The van der Waals surface area contributed by atoms with Gasteiger partial charge >= 0.3 is 6.09 Å². The molecule has 178 valence electrons. The Hall–Kier alpha value is -0.440. The number of halogens is 1. The van der Waals surface area contributed by atoms with Crippen LogP contribution in [0.25, 0.3) is 0 Å². The summed E-state index contributed by atoms with van der Waals surface area (Å²) in [6, 6.07) is 0. The van der Waals surface area contributed by atoms with E-state index in [4.69, 9.17) is 9.84 Å². The van der Waals surface area contributed by atoms with E-state index in [1.54, 1.807) is 11.9 Å². The summed E-state index contributed by atoms with van der Waals surface area (Å²) >= 11 is 2.36. The maximum atomic E-state index is 12.2. The smallest absolute Gasteiger partial charge is 0.410 e. The lowest BCUT2D eigenvalue weighted by Crippen LogP contribution is -2.38. The number of aliphatic hydroxyl groups excluding tert-OH is 1. The highest BCUT2D eigenvalue weighted by atomic mass is 127. The number of hydrogen-bond donors (Lipinski definition) is 1. The van der Waals surface area contributed by atoms with Crippen molar-refractivity contribution in [3.63, 3.8) is 0 Å². The van der Waals surface area contributed by atoms with Gasteiger partial charge in [0.05, 0.1) is 12.1 Å². The molecule has 0 bridgehead atoms. The van der Waals surface area contributed by atoms with E-state index in [-0.39, 0.29) is 18.1 Å². The molecule has 7 nitrogen and oxygen atoms in total. The monoisotopic (exact) mass is 566 g/mol. The minimum atomic E-state index is -0.484. The van der Waals surface area contributed by atoms with Crippen molar-refractivity contribution < 1.29 is 14.6 Å². The van der Waals surface area contributed by atoms with Gasteiger partial charge in [-0.25, -0.2) is 9.25 Å². The summed E-state index contributed by atoms with van der Waals surface area (Å²) < 4.78 is 7.48. The lowest BCUT2D eigenvalue weighted by Gasteiger charge is -2.41. The molecule has 0 saturated heterocycles. The van der Waals surface area contributed by atoms with Crippen LogP contribution in [-0.2, 0) is 11.3 Å². The Labute approximate surface area is 202 Å². The summed E-state index contributed by atoms with van der Waals surface area (Å²) in [6.07, 6.45) is 5.66. The Kier molecular flexibility index (Phi) is 9.62. The fraction of sp³-hybridized carbons (Fsp3) is 0.818. The van der Waals surface area contributed by atoms with Crippen molar-refractivity contribution in [1.82, 2.24) is 19.4 Å². The minimum absolute atomic E-state index is 0.183. The molecule has 1 heterocycles. The van der Waals surface area contributed by atoms with E-state index in [1.807, 2.05) is 25.2 Å². The fourth-order valence-corrected chi connectivity index (χ4v) is 5.25. The molecule has 0 aliphatic heterocycles. The molecular weight excluding hydrogens is 526 g/mol. The van der Waals surface area contributed by atoms with Crippen molar-refractivity contribution in [1.29, 1.82) is 0 Å². The van der Waals surface area contributed by atoms with Crippen LogP contribution in [0.15, 0.2) is 6.20 Å². The number of carbonyl (C=O) groups excluding carboxylic acids is 1. The maximum absolute atomic E-state index is 12.2. The molecule has 1 amide bonds. The lowest BCUT2D eigenvalue weighted by atomic mass is 9.65. The summed E-state index contributed by atoms with van der Waals surface area (Å²) in [5.74, 6) is 0.707. The van der Waals surface area contributed by atoms with Crippen LogP contribution >= 0.6 is 28.4 Å². The Morgan fingerprint density at radius 2 is 2.06 bits per heavy atom. The van der Waals surface area contributed by atoms with Crippen molar-refractivity contribution >= 4 is 34.5 Å². The largest absolute Gasteiger partial charge is 0.444 e. The third kappa shape index (κ3) is 7.83. The zero-order valence-corrected chi connectivity index (χ0v) is 23.3. The fourth-order valence-electron chi connectivity index (χ4n) is 4.15. The molecule has 3 unspecified atom stereocenters. The second kappa shape index (κ2) is 11.1. The van der Waals surface area contributed by atoms with Gasteiger partial charge in [-0.1, -0.05) is 13.8 Å². The van der Waals surface area contributed by atoms with E-state index in [0.29, 0.717) is 24.8 Å². The van der Waals surface area contributed by atoms with Gasteiger partial charge < -0.3 is 19.6 Å². The number of nitrogens with zero attached hydrogens (tertiary/aromatic N) is 4. The molecule has 2 rings (SSSR count). The molecule has 1 aliphatic rings. The number of amides is 1. The summed E-state index contributed by atoms with van der Waals surface area (Å²) in [5, 5.41) is 14.8. The standard InChI is InChI=1S/C22H40IN4O3P/c1-21(2,3)30-20(29)26(7)11-10-25(6)13-17-14-27(31-23)24-19(17)16-8-9-22(4,5)18(12-16)15-28/h14,16,18,28,31H,8-13,15H2,1-7H3. The van der Waals surface area contributed by atoms with E-state index in [0.717, 1.165) is 32.4 Å². The zero-order valence-electron chi connectivity index (χ0n) is 20.1. The van der Waals surface area contributed by atoms with Gasteiger partial charge in [0, 0.05) is 51.0 Å². The van der Waals surface area contributed by atoms with E-state index >= 15 is 0 Å². The molecule has 0 aromatic carbocycles. The Morgan fingerprint density at radius 1 is 1.39 bits per heavy atom. The molecule has 0 spiro atoms. The van der Waals surface area contributed by atoms with Crippen molar-refractivity contribution in [2.75, 3.05) is 33.8 Å². The molecule has 1 aliphatic carbocycles. The van der Waals surface area contributed by atoms with Crippen LogP contribution < -0.4 is 0 Å². The first-order valence-electron chi connectivity index (χ1n) is 11.0. The molecule has 1 fully saturated rings. The predicted octanol–water partition coefficient (Wildman–Crippen LogP) is 4.88. The van der Waals surface area contributed by atoms with Gasteiger partial charge in [0.25, 0.3) is 0 Å². The first-order valence-corrected chi connectivity index (χ1v) is 15.1. The van der Waals surface area contributed by atoms with Crippen LogP contribution in [0, 0.1) is 11.3 Å². The highest BCUT2D eigenvalue weighted by Crippen LogP contribution is 2.47. The third-order valence-electron chi connectivity index (χ3n) is 6.29. The first kappa shape index (κ1) is 26.8. The van der Waals surface area contributed by atoms with Crippen LogP contribution in [0.1, 0.15) is 71.1 Å². The number of likely N-dealkylation sites (N-methyl/N-ethyl adjacent to an activating group) is 2.